The van der Waals surface area contributed by atoms with Crippen molar-refractivity contribution in [1.29, 1.82) is 0 Å². The Hall–Kier alpha value is -2.80. The lowest BCUT2D eigenvalue weighted by atomic mass is 10.0. The number of nitrogens with one attached hydrogen (secondary N) is 1. The Bertz CT molecular complexity index is 811. The molecular weight excluding hydrogens is 348 g/mol. The maximum Gasteiger partial charge on any atom is 0.310 e. The molecule has 1 aliphatic rings. The number of amides is 1. The van der Waals surface area contributed by atoms with E-state index in [0.29, 0.717) is 23.8 Å². The summed E-state index contributed by atoms with van der Waals surface area (Å²) in [5.74, 6) is 0.356. The van der Waals surface area contributed by atoms with Crippen molar-refractivity contribution < 1.29 is 19.2 Å². The van der Waals surface area contributed by atoms with Crippen molar-refractivity contribution in [1.82, 2.24) is 5.32 Å². The van der Waals surface area contributed by atoms with Crippen LogP contribution in [0.3, 0.4) is 0 Å². The number of carbonyl (C=O) groups excluding carboxylic acids is 1. The first-order valence-corrected chi connectivity index (χ1v) is 8.00. The summed E-state index contributed by atoms with van der Waals surface area (Å²) in [6.07, 6.45) is 0.602. The van der Waals surface area contributed by atoms with E-state index in [0.717, 1.165) is 5.56 Å². The Balaban J connectivity index is 1.65. The minimum atomic E-state index is -0.552. The highest BCUT2D eigenvalue weighted by Gasteiger charge is 2.24. The number of benzene rings is 2. The second-order valence-electron chi connectivity index (χ2n) is 5.45. The van der Waals surface area contributed by atoms with Gasteiger partial charge in [-0.15, -0.1) is 0 Å². The maximum atomic E-state index is 12.2. The molecule has 1 amide bonds. The Morgan fingerprint density at radius 2 is 2.16 bits per heavy atom. The Kier molecular flexibility index (Phi) is 5.04. The minimum absolute atomic E-state index is 0.0538. The molecule has 0 saturated carbocycles. The normalized spacial score (nSPS) is 15.6. The van der Waals surface area contributed by atoms with Gasteiger partial charge in [0.1, 0.15) is 5.75 Å². The number of nitro benzene ring substituents is 1. The van der Waals surface area contributed by atoms with Crippen LogP contribution in [0.2, 0.25) is 5.02 Å². The van der Waals surface area contributed by atoms with Crippen LogP contribution < -0.4 is 14.8 Å². The van der Waals surface area contributed by atoms with E-state index in [4.69, 9.17) is 21.1 Å². The van der Waals surface area contributed by atoms with Crippen LogP contribution >= 0.6 is 11.6 Å². The Morgan fingerprint density at radius 3 is 2.96 bits per heavy atom. The molecule has 7 nitrogen and oxygen atoms in total. The van der Waals surface area contributed by atoms with Crippen molar-refractivity contribution >= 4 is 23.2 Å². The summed E-state index contributed by atoms with van der Waals surface area (Å²) in [4.78, 5) is 22.6. The fourth-order valence-corrected chi connectivity index (χ4v) is 2.81. The lowest BCUT2D eigenvalue weighted by molar-refractivity contribution is -0.385. The summed E-state index contributed by atoms with van der Waals surface area (Å²) < 4.78 is 10.8. The van der Waals surface area contributed by atoms with Gasteiger partial charge in [0, 0.05) is 23.1 Å². The SMILES string of the molecule is O=C(COc1ccccc1[N+](=O)[O-])NC1CCOc2ccc(Cl)cc21. The van der Waals surface area contributed by atoms with E-state index < -0.39 is 4.92 Å². The van der Waals surface area contributed by atoms with Gasteiger partial charge in [-0.1, -0.05) is 23.7 Å². The van der Waals surface area contributed by atoms with Crippen molar-refractivity contribution in [2.75, 3.05) is 13.2 Å². The zero-order valence-electron chi connectivity index (χ0n) is 13.1. The molecule has 2 aromatic rings. The largest absolute Gasteiger partial charge is 0.493 e. The Morgan fingerprint density at radius 1 is 1.36 bits per heavy atom. The second kappa shape index (κ2) is 7.40. The number of rotatable bonds is 5. The highest BCUT2D eigenvalue weighted by molar-refractivity contribution is 6.30. The lowest BCUT2D eigenvalue weighted by Gasteiger charge is -2.26. The molecule has 1 N–H and O–H groups in total. The molecular formula is C17H15ClN2O5. The van der Waals surface area contributed by atoms with Crippen LogP contribution in [0.1, 0.15) is 18.0 Å². The van der Waals surface area contributed by atoms with E-state index >= 15 is 0 Å². The fourth-order valence-electron chi connectivity index (χ4n) is 2.62. The smallest absolute Gasteiger partial charge is 0.310 e. The molecule has 2 aromatic carbocycles. The third-order valence-electron chi connectivity index (χ3n) is 3.77. The molecule has 1 atom stereocenters. The Labute approximate surface area is 148 Å². The summed E-state index contributed by atoms with van der Waals surface area (Å²) in [6, 6.07) is 10.9. The number of nitro groups is 1. The monoisotopic (exact) mass is 362 g/mol. The summed E-state index contributed by atoms with van der Waals surface area (Å²) in [7, 11) is 0. The van der Waals surface area contributed by atoms with Crippen LogP contribution in [0.5, 0.6) is 11.5 Å². The number of halogens is 1. The van der Waals surface area contributed by atoms with Crippen LogP contribution in [-0.4, -0.2) is 24.0 Å². The maximum absolute atomic E-state index is 12.2. The molecule has 0 fully saturated rings. The van der Waals surface area contributed by atoms with Crippen LogP contribution in [-0.2, 0) is 4.79 Å². The van der Waals surface area contributed by atoms with Gasteiger partial charge in [0.25, 0.3) is 5.91 Å². The summed E-state index contributed by atoms with van der Waals surface area (Å²) >= 11 is 6.01. The van der Waals surface area contributed by atoms with Gasteiger partial charge in [-0.3, -0.25) is 14.9 Å². The first kappa shape index (κ1) is 17.0. The number of hydrogen-bond acceptors (Lipinski definition) is 5. The average molecular weight is 363 g/mol. The zero-order valence-corrected chi connectivity index (χ0v) is 13.9. The van der Waals surface area contributed by atoms with Gasteiger partial charge in [0.15, 0.2) is 12.4 Å². The number of ether oxygens (including phenoxy) is 2. The van der Waals surface area contributed by atoms with E-state index in [2.05, 4.69) is 5.32 Å². The van der Waals surface area contributed by atoms with Crippen molar-refractivity contribution in [3.8, 4) is 11.5 Å². The van der Waals surface area contributed by atoms with E-state index in [-0.39, 0.29) is 30.0 Å². The minimum Gasteiger partial charge on any atom is -0.493 e. The zero-order chi connectivity index (χ0) is 17.8. The number of hydrogen-bond donors (Lipinski definition) is 1. The number of nitrogens with zero attached hydrogens (tertiary/aromatic N) is 1. The van der Waals surface area contributed by atoms with Gasteiger partial charge in [0.05, 0.1) is 17.6 Å². The predicted octanol–water partition coefficient (Wildman–Crippen LogP) is 3.27. The molecule has 0 aromatic heterocycles. The number of fused-ring (bicyclic) bond motifs is 1. The van der Waals surface area contributed by atoms with Gasteiger partial charge >= 0.3 is 5.69 Å². The topological polar surface area (TPSA) is 90.7 Å². The molecule has 130 valence electrons. The molecule has 1 unspecified atom stereocenters. The molecule has 1 aliphatic heterocycles. The van der Waals surface area contributed by atoms with Gasteiger partial charge in [0.2, 0.25) is 0 Å². The highest BCUT2D eigenvalue weighted by atomic mass is 35.5. The first-order valence-electron chi connectivity index (χ1n) is 7.62. The van der Waals surface area contributed by atoms with E-state index in [1.54, 1.807) is 24.3 Å². The third-order valence-corrected chi connectivity index (χ3v) is 4.00. The van der Waals surface area contributed by atoms with Crippen LogP contribution in [0.15, 0.2) is 42.5 Å². The van der Waals surface area contributed by atoms with Crippen molar-refractivity contribution in [3.63, 3.8) is 0 Å². The van der Waals surface area contributed by atoms with Crippen molar-refractivity contribution in [2.45, 2.75) is 12.5 Å². The quantitative estimate of drug-likeness (QED) is 0.651. The van der Waals surface area contributed by atoms with Gasteiger partial charge < -0.3 is 14.8 Å². The summed E-state index contributed by atoms with van der Waals surface area (Å²) in [5, 5.41) is 14.4. The molecule has 0 bridgehead atoms. The molecule has 0 radical (unpaired) electrons. The highest BCUT2D eigenvalue weighted by Crippen LogP contribution is 2.34. The van der Waals surface area contributed by atoms with E-state index in [9.17, 15) is 14.9 Å². The number of para-hydroxylation sites is 2. The molecule has 1 heterocycles. The standard InChI is InChI=1S/C17H15ClN2O5/c18-11-5-6-15-12(9-11)13(7-8-24-15)19-17(21)10-25-16-4-2-1-3-14(16)20(22)23/h1-6,9,13H,7-8,10H2,(H,19,21). The third kappa shape index (κ3) is 4.00. The van der Waals surface area contributed by atoms with Crippen LogP contribution in [0.4, 0.5) is 5.69 Å². The first-order chi connectivity index (χ1) is 12.0. The second-order valence-corrected chi connectivity index (χ2v) is 5.89. The van der Waals surface area contributed by atoms with Gasteiger partial charge in [-0.25, -0.2) is 0 Å². The molecule has 0 spiro atoms. The molecule has 0 saturated heterocycles. The van der Waals surface area contributed by atoms with E-state index in [1.165, 1.54) is 18.2 Å². The van der Waals surface area contributed by atoms with Gasteiger partial charge in [-0.05, 0) is 24.3 Å². The summed E-state index contributed by atoms with van der Waals surface area (Å²) in [5.41, 5.74) is 0.622. The molecule has 25 heavy (non-hydrogen) atoms. The van der Waals surface area contributed by atoms with Crippen LogP contribution in [0, 0.1) is 10.1 Å². The predicted molar refractivity (Wildman–Crippen MR) is 91.0 cm³/mol. The molecule has 3 rings (SSSR count). The average Bonchev–Trinajstić information content (AvgIpc) is 2.60. The van der Waals surface area contributed by atoms with Gasteiger partial charge in [-0.2, -0.15) is 0 Å². The summed E-state index contributed by atoms with van der Waals surface area (Å²) in [6.45, 7) is 0.155. The lowest BCUT2D eigenvalue weighted by Crippen LogP contribution is -2.35. The van der Waals surface area contributed by atoms with Crippen molar-refractivity contribution in [3.05, 3.63) is 63.2 Å². The molecule has 8 heteroatoms. The molecule has 0 aliphatic carbocycles. The fraction of sp³-hybridized carbons (Fsp3) is 0.235. The van der Waals surface area contributed by atoms with Crippen molar-refractivity contribution in [2.24, 2.45) is 0 Å². The van der Waals surface area contributed by atoms with E-state index in [1.807, 2.05) is 0 Å². The number of carbonyl (C=O) groups is 1. The van der Waals surface area contributed by atoms with Crippen LogP contribution in [0.25, 0.3) is 0 Å².